The van der Waals surface area contributed by atoms with E-state index in [0.29, 0.717) is 11.3 Å². The number of anilines is 1. The number of esters is 1. The largest absolute Gasteiger partial charge is 0.496 e. The van der Waals surface area contributed by atoms with Crippen LogP contribution in [0.25, 0.3) is 0 Å². The Morgan fingerprint density at radius 1 is 1.16 bits per heavy atom. The van der Waals surface area contributed by atoms with Crippen LogP contribution in [-0.4, -0.2) is 40.1 Å². The van der Waals surface area contributed by atoms with Gasteiger partial charge in [-0.1, -0.05) is 24.3 Å². The summed E-state index contributed by atoms with van der Waals surface area (Å²) in [4.78, 5) is 25.2. The van der Waals surface area contributed by atoms with Gasteiger partial charge in [0.1, 0.15) is 12.0 Å². The maximum atomic E-state index is 12.1. The molecule has 0 saturated heterocycles. The minimum atomic E-state index is -0.402. The van der Waals surface area contributed by atoms with E-state index in [1.807, 2.05) is 43.3 Å². The van der Waals surface area contributed by atoms with Crippen LogP contribution in [-0.2, 0) is 9.53 Å². The van der Waals surface area contributed by atoms with Crippen molar-refractivity contribution in [2.75, 3.05) is 32.7 Å². The molecule has 25 heavy (non-hydrogen) atoms. The summed E-state index contributed by atoms with van der Waals surface area (Å²) in [5.41, 5.74) is 2.33. The lowest BCUT2D eigenvalue weighted by Gasteiger charge is -2.20. The Balaban J connectivity index is 2.17. The smallest absolute Gasteiger partial charge is 0.338 e. The van der Waals surface area contributed by atoms with E-state index in [2.05, 4.69) is 0 Å². The zero-order valence-electron chi connectivity index (χ0n) is 14.8. The molecule has 0 saturated carbocycles. The van der Waals surface area contributed by atoms with E-state index in [1.165, 1.54) is 0 Å². The van der Waals surface area contributed by atoms with Gasteiger partial charge in [-0.25, -0.2) is 4.79 Å². The summed E-state index contributed by atoms with van der Waals surface area (Å²) in [6.07, 6.45) is 1.08. The molecule has 0 unspecified atom stereocenters. The van der Waals surface area contributed by atoms with Crippen LogP contribution in [0, 0.1) is 0 Å². The molecule has 0 amide bonds. The Morgan fingerprint density at radius 2 is 1.88 bits per heavy atom. The Bertz CT molecular complexity index is 713. The molecule has 2 rings (SSSR count). The number of nitrogens with zero attached hydrogens (tertiary/aromatic N) is 1. The van der Waals surface area contributed by atoms with Gasteiger partial charge in [-0.15, -0.1) is 0 Å². The van der Waals surface area contributed by atoms with Gasteiger partial charge in [-0.3, -0.25) is 0 Å². The van der Waals surface area contributed by atoms with Gasteiger partial charge in [0.2, 0.25) is 0 Å². The third-order valence-electron chi connectivity index (χ3n) is 3.98. The second-order valence-electron chi connectivity index (χ2n) is 5.88. The summed E-state index contributed by atoms with van der Waals surface area (Å²) in [6.45, 7) is 0.115. The number of carbonyl (C=O) groups is 2. The number of carbonyl (C=O) groups excluding carboxylic acids is 2. The van der Waals surface area contributed by atoms with Crippen LogP contribution in [0.1, 0.15) is 28.3 Å². The van der Waals surface area contributed by atoms with E-state index in [4.69, 9.17) is 9.47 Å². The highest BCUT2D eigenvalue weighted by atomic mass is 16.5. The first-order valence-corrected chi connectivity index (χ1v) is 8.08. The summed E-state index contributed by atoms with van der Waals surface area (Å²) in [5, 5.41) is 0. The molecular formula is C20H23NO4. The van der Waals surface area contributed by atoms with Crippen LogP contribution < -0.4 is 9.64 Å². The SMILES string of the molecule is COc1cc(N(C)C)ccc1[C@@H](CC=O)COC(=O)c1ccccc1. The first kappa shape index (κ1) is 18.5. The van der Waals surface area contributed by atoms with E-state index < -0.39 is 5.97 Å². The van der Waals surface area contributed by atoms with Crippen molar-refractivity contribution >= 4 is 17.9 Å². The maximum absolute atomic E-state index is 12.1. The molecule has 0 aliphatic heterocycles. The minimum Gasteiger partial charge on any atom is -0.496 e. The lowest BCUT2D eigenvalue weighted by atomic mass is 9.95. The van der Waals surface area contributed by atoms with Gasteiger partial charge >= 0.3 is 5.97 Å². The first-order valence-electron chi connectivity index (χ1n) is 8.08. The Hall–Kier alpha value is -2.82. The monoisotopic (exact) mass is 341 g/mol. The second kappa shape index (κ2) is 8.87. The number of hydrogen-bond acceptors (Lipinski definition) is 5. The highest BCUT2D eigenvalue weighted by molar-refractivity contribution is 5.89. The second-order valence-corrected chi connectivity index (χ2v) is 5.88. The topological polar surface area (TPSA) is 55.8 Å². The van der Waals surface area contributed by atoms with Crippen LogP contribution >= 0.6 is 0 Å². The molecule has 0 fully saturated rings. The van der Waals surface area contributed by atoms with Crippen LogP contribution in [0.4, 0.5) is 5.69 Å². The number of methoxy groups -OCH3 is 1. The molecule has 0 aliphatic carbocycles. The molecule has 5 heteroatoms. The summed E-state index contributed by atoms with van der Waals surface area (Å²) in [5.74, 6) is 0.0190. The van der Waals surface area contributed by atoms with Crippen molar-refractivity contribution in [3.8, 4) is 5.75 Å². The average molecular weight is 341 g/mol. The molecule has 0 N–H and O–H groups in total. The molecule has 0 bridgehead atoms. The normalized spacial score (nSPS) is 11.5. The number of ether oxygens (including phenoxy) is 2. The Morgan fingerprint density at radius 3 is 2.48 bits per heavy atom. The van der Waals surface area contributed by atoms with Gasteiger partial charge < -0.3 is 19.2 Å². The lowest BCUT2D eigenvalue weighted by Crippen LogP contribution is -2.15. The van der Waals surface area contributed by atoms with Crippen LogP contribution in [0.2, 0.25) is 0 Å². The highest BCUT2D eigenvalue weighted by Crippen LogP contribution is 2.32. The summed E-state index contributed by atoms with van der Waals surface area (Å²) in [7, 11) is 5.48. The van der Waals surface area contributed by atoms with Crippen molar-refractivity contribution in [1.82, 2.24) is 0 Å². The summed E-state index contributed by atoms with van der Waals surface area (Å²) in [6, 6.07) is 14.6. The van der Waals surface area contributed by atoms with E-state index >= 15 is 0 Å². The quantitative estimate of drug-likeness (QED) is 0.545. The number of hydrogen-bond donors (Lipinski definition) is 0. The van der Waals surface area contributed by atoms with Gasteiger partial charge in [0, 0.05) is 43.8 Å². The zero-order valence-corrected chi connectivity index (χ0v) is 14.8. The van der Waals surface area contributed by atoms with Gasteiger partial charge in [0.15, 0.2) is 0 Å². The predicted molar refractivity (Wildman–Crippen MR) is 97.5 cm³/mol. The predicted octanol–water partition coefficient (Wildman–Crippen LogP) is 3.29. The fourth-order valence-electron chi connectivity index (χ4n) is 2.55. The van der Waals surface area contributed by atoms with Crippen molar-refractivity contribution in [1.29, 1.82) is 0 Å². The minimum absolute atomic E-state index is 0.115. The van der Waals surface area contributed by atoms with Crippen LogP contribution in [0.15, 0.2) is 48.5 Å². The molecule has 0 spiro atoms. The molecule has 5 nitrogen and oxygen atoms in total. The van der Waals surface area contributed by atoms with E-state index in [9.17, 15) is 9.59 Å². The molecule has 2 aromatic carbocycles. The lowest BCUT2D eigenvalue weighted by molar-refractivity contribution is -0.108. The van der Waals surface area contributed by atoms with Crippen molar-refractivity contribution in [2.45, 2.75) is 12.3 Å². The summed E-state index contributed by atoms with van der Waals surface area (Å²) >= 11 is 0. The standard InChI is InChI=1S/C20H23NO4/c1-21(2)17-9-10-18(19(13-17)24-3)16(11-12-22)14-25-20(23)15-7-5-4-6-8-15/h4-10,12-13,16H,11,14H2,1-3H3/t16-/m0/s1. The highest BCUT2D eigenvalue weighted by Gasteiger charge is 2.19. The van der Waals surface area contributed by atoms with Gasteiger partial charge in [0.05, 0.1) is 19.3 Å². The van der Waals surface area contributed by atoms with Gasteiger partial charge in [0.25, 0.3) is 0 Å². The van der Waals surface area contributed by atoms with Crippen molar-refractivity contribution in [3.05, 3.63) is 59.7 Å². The fraction of sp³-hybridized carbons (Fsp3) is 0.300. The maximum Gasteiger partial charge on any atom is 0.338 e. The molecule has 0 heterocycles. The van der Waals surface area contributed by atoms with Crippen molar-refractivity contribution in [2.24, 2.45) is 0 Å². The zero-order chi connectivity index (χ0) is 18.2. The fourth-order valence-corrected chi connectivity index (χ4v) is 2.55. The van der Waals surface area contributed by atoms with E-state index in [1.54, 1.807) is 31.4 Å². The van der Waals surface area contributed by atoms with Crippen LogP contribution in [0.5, 0.6) is 5.75 Å². The molecular weight excluding hydrogens is 318 g/mol. The van der Waals surface area contributed by atoms with Gasteiger partial charge in [-0.05, 0) is 18.2 Å². The van der Waals surface area contributed by atoms with Crippen molar-refractivity contribution in [3.63, 3.8) is 0 Å². The first-order chi connectivity index (χ1) is 12.1. The number of benzene rings is 2. The molecule has 132 valence electrons. The number of aldehydes is 1. The molecule has 0 aromatic heterocycles. The van der Waals surface area contributed by atoms with Crippen LogP contribution in [0.3, 0.4) is 0 Å². The Labute approximate surface area is 148 Å². The third-order valence-corrected chi connectivity index (χ3v) is 3.98. The molecule has 0 radical (unpaired) electrons. The number of rotatable bonds is 8. The Kier molecular flexibility index (Phi) is 6.57. The summed E-state index contributed by atoms with van der Waals surface area (Å²) < 4.78 is 10.9. The third kappa shape index (κ3) is 4.83. The van der Waals surface area contributed by atoms with Crippen molar-refractivity contribution < 1.29 is 19.1 Å². The molecule has 0 aliphatic rings. The molecule has 2 aromatic rings. The van der Waals surface area contributed by atoms with E-state index in [-0.39, 0.29) is 18.9 Å². The average Bonchev–Trinajstić information content (AvgIpc) is 2.65. The van der Waals surface area contributed by atoms with E-state index in [0.717, 1.165) is 17.5 Å². The molecule has 1 atom stereocenters. The van der Waals surface area contributed by atoms with Gasteiger partial charge in [-0.2, -0.15) is 0 Å².